The summed E-state index contributed by atoms with van der Waals surface area (Å²) in [7, 11) is 0. The number of nitrogens with one attached hydrogen (secondary N) is 2. The molecule has 2 aromatic carbocycles. The number of piperazine rings is 1. The quantitative estimate of drug-likeness (QED) is 0.237. The first-order chi connectivity index (χ1) is 20.4. The first kappa shape index (κ1) is 31.5. The molecule has 2 aliphatic rings. The fraction of sp³-hybridized carbons (Fsp3) is 0.483. The van der Waals surface area contributed by atoms with Crippen molar-refractivity contribution in [2.75, 3.05) is 54.8 Å². The number of hydrogen-bond donors (Lipinski definition) is 2. The Hall–Kier alpha value is -2.93. The number of halogens is 6. The van der Waals surface area contributed by atoms with Crippen molar-refractivity contribution in [1.29, 1.82) is 0 Å². The minimum Gasteiger partial charge on any atom is -0.371 e. The number of alkyl halides is 3. The zero-order valence-electron chi connectivity index (χ0n) is 23.5. The van der Waals surface area contributed by atoms with Gasteiger partial charge < -0.3 is 15.5 Å². The van der Waals surface area contributed by atoms with Crippen LogP contribution in [0.15, 0.2) is 40.1 Å². The molecule has 2 fully saturated rings. The van der Waals surface area contributed by atoms with Crippen molar-refractivity contribution in [3.8, 4) is 0 Å². The van der Waals surface area contributed by atoms with Crippen molar-refractivity contribution in [2.24, 2.45) is 0 Å². The van der Waals surface area contributed by atoms with Crippen molar-refractivity contribution < 1.29 is 17.6 Å². The summed E-state index contributed by atoms with van der Waals surface area (Å²) in [4.78, 5) is 35.2. The van der Waals surface area contributed by atoms with Gasteiger partial charge in [-0.3, -0.25) is 19.4 Å². The van der Waals surface area contributed by atoms with Crippen LogP contribution in [-0.2, 0) is 6.54 Å². The van der Waals surface area contributed by atoms with E-state index >= 15 is 0 Å². The Morgan fingerprint density at radius 1 is 1.02 bits per heavy atom. The van der Waals surface area contributed by atoms with Crippen LogP contribution >= 0.6 is 23.2 Å². The molecule has 2 aliphatic heterocycles. The molecule has 3 heterocycles. The van der Waals surface area contributed by atoms with Crippen molar-refractivity contribution >= 4 is 46.1 Å². The fourth-order valence-electron chi connectivity index (χ4n) is 5.95. The number of piperidine rings is 1. The molecular formula is C29H32Cl2F4N6O2. The van der Waals surface area contributed by atoms with Gasteiger partial charge in [-0.05, 0) is 50.6 Å². The standard InChI is InChI=1S/C29H32Cl2F4N6O2/c1-2-20-15-40(9-10-41(20)21-5-7-39(8-6-21)14-17-3-4-18(30)11-23(17)32)28-22(31)12-19(13-36-28)38-25-24(26(42)27(25)43)37-16-29(33,34)35/h3-4,11-13,20-21,37-38H,2,5-10,14-16H2,1H3/t20-/m0/s1. The van der Waals surface area contributed by atoms with E-state index in [0.717, 1.165) is 45.4 Å². The lowest BCUT2D eigenvalue weighted by Crippen LogP contribution is -2.58. The number of aromatic nitrogens is 1. The maximum Gasteiger partial charge on any atom is 0.405 e. The molecule has 1 aromatic heterocycles. The third kappa shape index (κ3) is 7.25. The van der Waals surface area contributed by atoms with Gasteiger partial charge in [0.1, 0.15) is 29.6 Å². The molecule has 232 valence electrons. The lowest BCUT2D eigenvalue weighted by Gasteiger charge is -2.47. The molecule has 2 saturated heterocycles. The Morgan fingerprint density at radius 3 is 2.40 bits per heavy atom. The van der Waals surface area contributed by atoms with E-state index in [1.165, 1.54) is 12.3 Å². The molecular weight excluding hydrogens is 611 g/mol. The Kier molecular flexibility index (Phi) is 9.50. The van der Waals surface area contributed by atoms with Gasteiger partial charge in [-0.25, -0.2) is 9.37 Å². The van der Waals surface area contributed by atoms with E-state index in [1.54, 1.807) is 18.2 Å². The van der Waals surface area contributed by atoms with Gasteiger partial charge in [0.05, 0.1) is 16.9 Å². The zero-order valence-corrected chi connectivity index (χ0v) is 25.0. The highest BCUT2D eigenvalue weighted by atomic mass is 35.5. The molecule has 3 aromatic rings. The van der Waals surface area contributed by atoms with E-state index in [2.05, 4.69) is 31.9 Å². The lowest BCUT2D eigenvalue weighted by atomic mass is 9.97. The van der Waals surface area contributed by atoms with Gasteiger partial charge in [0.25, 0.3) is 10.9 Å². The molecule has 5 rings (SSSR count). The molecule has 43 heavy (non-hydrogen) atoms. The molecule has 1 atom stereocenters. The number of benzene rings is 1. The average molecular weight is 644 g/mol. The van der Waals surface area contributed by atoms with E-state index in [9.17, 15) is 27.2 Å². The Morgan fingerprint density at radius 2 is 1.74 bits per heavy atom. The van der Waals surface area contributed by atoms with Crippen LogP contribution in [0.2, 0.25) is 10.0 Å². The van der Waals surface area contributed by atoms with Crippen LogP contribution in [0.4, 0.5) is 40.4 Å². The predicted molar refractivity (Wildman–Crippen MR) is 161 cm³/mol. The number of hydrogen-bond acceptors (Lipinski definition) is 8. The van der Waals surface area contributed by atoms with E-state index in [-0.39, 0.29) is 23.2 Å². The molecule has 0 unspecified atom stereocenters. The molecule has 0 amide bonds. The normalized spacial score (nSPS) is 19.2. The summed E-state index contributed by atoms with van der Waals surface area (Å²) in [5.74, 6) is 0.296. The number of likely N-dealkylation sites (tertiary alicyclic amines) is 1. The predicted octanol–water partition coefficient (Wildman–Crippen LogP) is 5.41. The van der Waals surface area contributed by atoms with Crippen molar-refractivity contribution in [3.63, 3.8) is 0 Å². The minimum atomic E-state index is -4.54. The second-order valence-electron chi connectivity index (χ2n) is 11.0. The topological polar surface area (TPSA) is 80.8 Å². The summed E-state index contributed by atoms with van der Waals surface area (Å²) in [5.41, 5.74) is -1.64. The highest BCUT2D eigenvalue weighted by Crippen LogP contribution is 2.32. The van der Waals surface area contributed by atoms with E-state index < -0.39 is 29.3 Å². The molecule has 0 radical (unpaired) electrons. The van der Waals surface area contributed by atoms with Crippen molar-refractivity contribution in [2.45, 2.75) is 51.0 Å². The SMILES string of the molecule is CC[C@H]1CN(c2ncc(Nc3c(NCC(F)(F)F)c(=O)c3=O)cc2Cl)CCN1C1CCN(Cc2ccc(Cl)cc2F)CC1. The van der Waals surface area contributed by atoms with Crippen LogP contribution in [0, 0.1) is 5.82 Å². The highest BCUT2D eigenvalue weighted by molar-refractivity contribution is 6.33. The Bertz CT molecular complexity index is 1520. The summed E-state index contributed by atoms with van der Waals surface area (Å²) >= 11 is 12.5. The van der Waals surface area contributed by atoms with Gasteiger partial charge in [0.15, 0.2) is 0 Å². The fourth-order valence-corrected chi connectivity index (χ4v) is 6.39. The van der Waals surface area contributed by atoms with Crippen LogP contribution in [0.25, 0.3) is 0 Å². The lowest BCUT2D eigenvalue weighted by molar-refractivity contribution is -0.115. The first-order valence-corrected chi connectivity index (χ1v) is 14.9. The Labute approximate surface area is 256 Å². The second kappa shape index (κ2) is 13.0. The maximum atomic E-state index is 14.3. The van der Waals surface area contributed by atoms with Gasteiger partial charge in [0, 0.05) is 48.8 Å². The van der Waals surface area contributed by atoms with Crippen LogP contribution in [0.5, 0.6) is 0 Å². The molecule has 0 saturated carbocycles. The van der Waals surface area contributed by atoms with Crippen LogP contribution in [-0.4, -0.2) is 72.3 Å². The third-order valence-corrected chi connectivity index (χ3v) is 8.71. The van der Waals surface area contributed by atoms with Crippen molar-refractivity contribution in [3.05, 3.63) is 72.3 Å². The zero-order chi connectivity index (χ0) is 30.9. The smallest absolute Gasteiger partial charge is 0.371 e. The monoisotopic (exact) mass is 642 g/mol. The summed E-state index contributed by atoms with van der Waals surface area (Å²) < 4.78 is 52.0. The number of nitrogens with zero attached hydrogens (tertiary/aromatic N) is 4. The van der Waals surface area contributed by atoms with E-state index in [1.807, 2.05) is 5.32 Å². The van der Waals surface area contributed by atoms with Gasteiger partial charge in [-0.1, -0.05) is 36.2 Å². The number of anilines is 4. The molecule has 8 nitrogen and oxygen atoms in total. The maximum absolute atomic E-state index is 14.3. The summed E-state index contributed by atoms with van der Waals surface area (Å²) in [6.07, 6.45) is -0.190. The largest absolute Gasteiger partial charge is 0.405 e. The highest BCUT2D eigenvalue weighted by Gasteiger charge is 2.34. The van der Waals surface area contributed by atoms with Gasteiger partial charge in [-0.15, -0.1) is 0 Å². The Balaban J connectivity index is 1.17. The van der Waals surface area contributed by atoms with E-state index in [4.69, 9.17) is 23.2 Å². The third-order valence-electron chi connectivity index (χ3n) is 8.20. The first-order valence-electron chi connectivity index (χ1n) is 14.2. The molecule has 0 bridgehead atoms. The summed E-state index contributed by atoms with van der Waals surface area (Å²) in [6.45, 7) is 5.28. The van der Waals surface area contributed by atoms with Crippen LogP contribution in [0.1, 0.15) is 31.7 Å². The van der Waals surface area contributed by atoms with Gasteiger partial charge in [0.2, 0.25) is 0 Å². The van der Waals surface area contributed by atoms with Crippen LogP contribution in [0.3, 0.4) is 0 Å². The molecule has 2 N–H and O–H groups in total. The van der Waals surface area contributed by atoms with Gasteiger partial charge >= 0.3 is 6.18 Å². The number of pyridine rings is 1. The van der Waals surface area contributed by atoms with Crippen LogP contribution < -0.4 is 26.4 Å². The average Bonchev–Trinajstić information content (AvgIpc) is 2.97. The van der Waals surface area contributed by atoms with E-state index in [0.29, 0.717) is 40.6 Å². The minimum absolute atomic E-state index is 0.246. The summed E-state index contributed by atoms with van der Waals surface area (Å²) in [5, 5.41) is 5.38. The van der Waals surface area contributed by atoms with Crippen molar-refractivity contribution in [1.82, 2.24) is 14.8 Å². The second-order valence-corrected chi connectivity index (χ2v) is 11.9. The molecule has 14 heteroatoms. The molecule has 0 spiro atoms. The number of rotatable bonds is 9. The summed E-state index contributed by atoms with van der Waals surface area (Å²) in [6, 6.07) is 7.06. The van der Waals surface area contributed by atoms with Gasteiger partial charge in [-0.2, -0.15) is 13.2 Å². The molecule has 0 aliphatic carbocycles.